The van der Waals surface area contributed by atoms with Crippen LogP contribution in [0.1, 0.15) is 36.5 Å². The molecule has 0 saturated carbocycles. The molecule has 0 aliphatic carbocycles. The summed E-state index contributed by atoms with van der Waals surface area (Å²) in [6.07, 6.45) is 2.91. The van der Waals surface area contributed by atoms with Gasteiger partial charge in [0.25, 0.3) is 0 Å². The van der Waals surface area contributed by atoms with Crippen molar-refractivity contribution < 1.29 is 9.59 Å². The summed E-state index contributed by atoms with van der Waals surface area (Å²) in [5.74, 6) is -0.333. The lowest BCUT2D eigenvalue weighted by Crippen LogP contribution is -2.26. The maximum Gasteiger partial charge on any atom is 0.198 e. The normalized spacial score (nSPS) is 17.8. The van der Waals surface area contributed by atoms with Crippen LogP contribution in [-0.4, -0.2) is 18.1 Å². The molecule has 0 radical (unpaired) electrons. The van der Waals surface area contributed by atoms with Crippen LogP contribution in [-0.2, 0) is 4.79 Å². The fourth-order valence-electron chi connectivity index (χ4n) is 2.21. The molecule has 1 saturated heterocycles. The molecule has 0 spiro atoms. The third-order valence-corrected chi connectivity index (χ3v) is 3.11. The topological polar surface area (TPSA) is 46.2 Å². The molecule has 1 aromatic rings. The van der Waals surface area contributed by atoms with Crippen LogP contribution in [0.25, 0.3) is 0 Å². The molecule has 0 unspecified atom stereocenters. The van der Waals surface area contributed by atoms with Crippen molar-refractivity contribution >= 4 is 11.6 Å². The Balaban J connectivity index is 2.37. The van der Waals surface area contributed by atoms with Crippen LogP contribution in [0.4, 0.5) is 0 Å². The Morgan fingerprint density at radius 1 is 1.11 bits per heavy atom. The number of Topliss-reactive ketones (excluding diaryl/α,β-unsaturated/α-hetero) is 2. The molecule has 0 atom stereocenters. The van der Waals surface area contributed by atoms with Crippen molar-refractivity contribution in [1.82, 2.24) is 5.32 Å². The van der Waals surface area contributed by atoms with Gasteiger partial charge in [0.1, 0.15) is 0 Å². The van der Waals surface area contributed by atoms with Gasteiger partial charge < -0.3 is 5.32 Å². The SMILES string of the molecule is CC(=O)C(C(=O)c1ccccc1)=C1CCCCN1. The summed E-state index contributed by atoms with van der Waals surface area (Å²) in [6.45, 7) is 2.30. The van der Waals surface area contributed by atoms with E-state index in [0.29, 0.717) is 11.1 Å². The van der Waals surface area contributed by atoms with Crippen molar-refractivity contribution in [1.29, 1.82) is 0 Å². The van der Waals surface area contributed by atoms with E-state index in [-0.39, 0.29) is 11.6 Å². The summed E-state index contributed by atoms with van der Waals surface area (Å²) < 4.78 is 0. The van der Waals surface area contributed by atoms with Crippen molar-refractivity contribution in [2.24, 2.45) is 0 Å². The molecular weight excluding hydrogens is 226 g/mol. The number of hydrogen-bond donors (Lipinski definition) is 1. The highest BCUT2D eigenvalue weighted by Gasteiger charge is 2.22. The first kappa shape index (κ1) is 12.6. The van der Waals surface area contributed by atoms with Crippen molar-refractivity contribution in [3.63, 3.8) is 0 Å². The fraction of sp³-hybridized carbons (Fsp3) is 0.333. The molecule has 1 N–H and O–H groups in total. The van der Waals surface area contributed by atoms with Gasteiger partial charge in [-0.05, 0) is 26.2 Å². The number of nitrogens with one attached hydrogen (secondary N) is 1. The minimum Gasteiger partial charge on any atom is -0.388 e. The average molecular weight is 243 g/mol. The number of hydrogen-bond acceptors (Lipinski definition) is 3. The summed E-state index contributed by atoms with van der Waals surface area (Å²) >= 11 is 0. The van der Waals surface area contributed by atoms with Crippen LogP contribution >= 0.6 is 0 Å². The minimum atomic E-state index is -0.174. The molecule has 18 heavy (non-hydrogen) atoms. The van der Waals surface area contributed by atoms with Crippen molar-refractivity contribution in [3.05, 3.63) is 47.2 Å². The fourth-order valence-corrected chi connectivity index (χ4v) is 2.21. The van der Waals surface area contributed by atoms with Crippen molar-refractivity contribution in [3.8, 4) is 0 Å². The Bertz CT molecular complexity index is 480. The lowest BCUT2D eigenvalue weighted by atomic mass is 9.95. The second-order valence-corrected chi connectivity index (χ2v) is 4.49. The number of benzene rings is 1. The molecule has 1 heterocycles. The predicted molar refractivity (Wildman–Crippen MR) is 70.3 cm³/mol. The second kappa shape index (κ2) is 5.63. The van der Waals surface area contributed by atoms with E-state index >= 15 is 0 Å². The zero-order valence-electron chi connectivity index (χ0n) is 10.5. The first-order valence-corrected chi connectivity index (χ1v) is 6.28. The maximum absolute atomic E-state index is 12.4. The predicted octanol–water partition coefficient (Wildman–Crippen LogP) is 2.49. The van der Waals surface area contributed by atoms with Crippen LogP contribution in [0.2, 0.25) is 0 Å². The third-order valence-electron chi connectivity index (χ3n) is 3.11. The lowest BCUT2D eigenvalue weighted by molar-refractivity contribution is -0.113. The molecule has 3 heteroatoms. The minimum absolute atomic E-state index is 0.159. The standard InChI is InChI=1S/C15H17NO2/c1-11(17)14(13-9-5-6-10-16-13)15(18)12-7-3-2-4-8-12/h2-4,7-8,16H,5-6,9-10H2,1H3. The van der Waals surface area contributed by atoms with E-state index in [9.17, 15) is 9.59 Å². The quantitative estimate of drug-likeness (QED) is 0.384. The molecule has 2 rings (SSSR count). The molecular formula is C15H17NO2. The van der Waals surface area contributed by atoms with Gasteiger partial charge in [-0.3, -0.25) is 9.59 Å². The second-order valence-electron chi connectivity index (χ2n) is 4.49. The molecule has 1 aromatic carbocycles. The third kappa shape index (κ3) is 2.67. The van der Waals surface area contributed by atoms with Gasteiger partial charge in [0, 0.05) is 17.8 Å². The van der Waals surface area contributed by atoms with E-state index in [1.165, 1.54) is 6.92 Å². The average Bonchev–Trinajstić information content (AvgIpc) is 2.40. The molecule has 0 amide bonds. The van der Waals surface area contributed by atoms with Gasteiger partial charge >= 0.3 is 0 Å². The van der Waals surface area contributed by atoms with E-state index in [1.54, 1.807) is 12.1 Å². The largest absolute Gasteiger partial charge is 0.388 e. The van der Waals surface area contributed by atoms with Crippen LogP contribution < -0.4 is 5.32 Å². The van der Waals surface area contributed by atoms with Gasteiger partial charge in [0.05, 0.1) is 5.57 Å². The van der Waals surface area contributed by atoms with Gasteiger partial charge in [-0.1, -0.05) is 30.3 Å². The van der Waals surface area contributed by atoms with Crippen molar-refractivity contribution in [2.45, 2.75) is 26.2 Å². The number of rotatable bonds is 3. The first-order valence-electron chi connectivity index (χ1n) is 6.28. The highest BCUT2D eigenvalue weighted by molar-refractivity contribution is 6.26. The summed E-state index contributed by atoms with van der Waals surface area (Å²) in [7, 11) is 0. The number of carbonyl (C=O) groups is 2. The monoisotopic (exact) mass is 243 g/mol. The van der Waals surface area contributed by atoms with Crippen molar-refractivity contribution in [2.75, 3.05) is 6.54 Å². The first-order chi connectivity index (χ1) is 8.70. The van der Waals surface area contributed by atoms with Crippen LogP contribution in [0.3, 0.4) is 0 Å². The molecule has 1 fully saturated rings. The van der Waals surface area contributed by atoms with Crippen LogP contribution in [0, 0.1) is 0 Å². The smallest absolute Gasteiger partial charge is 0.198 e. The zero-order valence-corrected chi connectivity index (χ0v) is 10.5. The lowest BCUT2D eigenvalue weighted by Gasteiger charge is -2.19. The van der Waals surface area contributed by atoms with E-state index in [0.717, 1.165) is 31.5 Å². The Morgan fingerprint density at radius 3 is 2.39 bits per heavy atom. The summed E-state index contributed by atoms with van der Waals surface area (Å²) in [6, 6.07) is 8.97. The number of ketones is 2. The highest BCUT2D eigenvalue weighted by atomic mass is 16.1. The van der Waals surface area contributed by atoms with Gasteiger partial charge in [-0.25, -0.2) is 0 Å². The zero-order chi connectivity index (χ0) is 13.0. The number of carbonyl (C=O) groups excluding carboxylic acids is 2. The molecule has 94 valence electrons. The Hall–Kier alpha value is -1.90. The van der Waals surface area contributed by atoms with E-state index in [2.05, 4.69) is 5.32 Å². The van der Waals surface area contributed by atoms with Gasteiger partial charge in [-0.2, -0.15) is 0 Å². The molecule has 0 bridgehead atoms. The summed E-state index contributed by atoms with van der Waals surface area (Å²) in [5, 5.41) is 3.19. The van der Waals surface area contributed by atoms with Crippen LogP contribution in [0.15, 0.2) is 41.6 Å². The molecule has 0 aromatic heterocycles. The Morgan fingerprint density at radius 2 is 1.83 bits per heavy atom. The Kier molecular flexibility index (Phi) is 3.92. The number of allylic oxidation sites excluding steroid dienone is 2. The highest BCUT2D eigenvalue weighted by Crippen LogP contribution is 2.19. The van der Waals surface area contributed by atoms with Gasteiger partial charge in [-0.15, -0.1) is 0 Å². The maximum atomic E-state index is 12.4. The Labute approximate surface area is 107 Å². The van der Waals surface area contributed by atoms with Crippen LogP contribution in [0.5, 0.6) is 0 Å². The summed E-state index contributed by atoms with van der Waals surface area (Å²) in [4.78, 5) is 24.1. The summed E-state index contributed by atoms with van der Waals surface area (Å²) in [5.41, 5.74) is 1.70. The van der Waals surface area contributed by atoms with Gasteiger partial charge in [0.2, 0.25) is 0 Å². The molecule has 1 aliphatic rings. The van der Waals surface area contributed by atoms with E-state index in [4.69, 9.17) is 0 Å². The molecule has 1 aliphatic heterocycles. The van der Waals surface area contributed by atoms with Gasteiger partial charge in [0.15, 0.2) is 11.6 Å². The molecule has 3 nitrogen and oxygen atoms in total. The van der Waals surface area contributed by atoms with E-state index < -0.39 is 0 Å². The number of piperidine rings is 1. The van der Waals surface area contributed by atoms with E-state index in [1.807, 2.05) is 18.2 Å².